The standard InChI is InChI=1S/C32H30N6O3/c1-37-20-25(19-35-37)24-11-21(16-33-18-24)17-34-26-5-6-30-23(13-26)12-22-3-2-4-28(32(22)41-30)29-14-27(15-31(39)36-29)38-7-9-40-10-8-38/h2-6,11,13-16,18-20,34H,7-10,12,17H2,1H3,(H,36,39). The first-order valence-corrected chi connectivity index (χ1v) is 13.8. The number of anilines is 2. The van der Waals surface area contributed by atoms with Gasteiger partial charge in [0.1, 0.15) is 11.5 Å². The Balaban J connectivity index is 1.10. The predicted molar refractivity (Wildman–Crippen MR) is 159 cm³/mol. The van der Waals surface area contributed by atoms with Gasteiger partial charge in [-0.1, -0.05) is 12.1 Å². The van der Waals surface area contributed by atoms with Gasteiger partial charge in [-0.25, -0.2) is 0 Å². The Morgan fingerprint density at radius 3 is 2.73 bits per heavy atom. The highest BCUT2D eigenvalue weighted by Crippen LogP contribution is 2.43. The van der Waals surface area contributed by atoms with E-state index >= 15 is 0 Å². The maximum absolute atomic E-state index is 12.6. The smallest absolute Gasteiger partial charge is 0.250 e. The van der Waals surface area contributed by atoms with Crippen molar-refractivity contribution in [3.05, 3.63) is 106 Å². The van der Waals surface area contributed by atoms with E-state index in [0.717, 1.165) is 81.5 Å². The fraction of sp³-hybridized carbons (Fsp3) is 0.219. The second-order valence-electron chi connectivity index (χ2n) is 10.4. The summed E-state index contributed by atoms with van der Waals surface area (Å²) >= 11 is 0. The molecule has 0 radical (unpaired) electrons. The average molecular weight is 547 g/mol. The molecule has 0 aliphatic carbocycles. The summed E-state index contributed by atoms with van der Waals surface area (Å²) in [7, 11) is 1.91. The number of aromatic amines is 1. The summed E-state index contributed by atoms with van der Waals surface area (Å²) in [6.45, 7) is 3.50. The fourth-order valence-corrected chi connectivity index (χ4v) is 5.49. The lowest BCUT2D eigenvalue weighted by Crippen LogP contribution is -2.36. The van der Waals surface area contributed by atoms with Crippen LogP contribution < -0.4 is 20.5 Å². The van der Waals surface area contributed by atoms with Crippen LogP contribution in [0.3, 0.4) is 0 Å². The first kappa shape index (κ1) is 25.1. The Labute approximate surface area is 237 Å². The van der Waals surface area contributed by atoms with Gasteiger partial charge >= 0.3 is 0 Å². The molecule has 2 aliphatic heterocycles. The molecule has 2 aliphatic rings. The van der Waals surface area contributed by atoms with Crippen LogP contribution in [0.15, 0.2) is 84.2 Å². The zero-order chi connectivity index (χ0) is 27.8. The van der Waals surface area contributed by atoms with Gasteiger partial charge in [0.25, 0.3) is 0 Å². The fourth-order valence-electron chi connectivity index (χ4n) is 5.49. The van der Waals surface area contributed by atoms with Crippen molar-refractivity contribution in [2.75, 3.05) is 36.5 Å². The number of nitrogens with zero attached hydrogens (tertiary/aromatic N) is 4. The minimum Gasteiger partial charge on any atom is -0.456 e. The molecule has 1 saturated heterocycles. The number of morpholine rings is 1. The van der Waals surface area contributed by atoms with Crippen molar-refractivity contribution in [3.63, 3.8) is 0 Å². The van der Waals surface area contributed by atoms with Gasteiger partial charge in [0.2, 0.25) is 5.56 Å². The highest BCUT2D eigenvalue weighted by Gasteiger charge is 2.22. The van der Waals surface area contributed by atoms with Gasteiger partial charge in [0.15, 0.2) is 0 Å². The summed E-state index contributed by atoms with van der Waals surface area (Å²) in [6.07, 6.45) is 8.31. The largest absolute Gasteiger partial charge is 0.456 e. The van der Waals surface area contributed by atoms with Crippen LogP contribution in [0.4, 0.5) is 11.4 Å². The van der Waals surface area contributed by atoms with Crippen molar-refractivity contribution in [3.8, 4) is 33.9 Å². The van der Waals surface area contributed by atoms with Gasteiger partial charge in [-0.05, 0) is 47.5 Å². The minimum absolute atomic E-state index is 0.130. The molecule has 0 saturated carbocycles. The number of para-hydroxylation sites is 1. The van der Waals surface area contributed by atoms with Crippen LogP contribution in [-0.4, -0.2) is 46.1 Å². The lowest BCUT2D eigenvalue weighted by atomic mass is 9.96. The molecule has 2 aromatic carbocycles. The zero-order valence-corrected chi connectivity index (χ0v) is 22.8. The first-order valence-electron chi connectivity index (χ1n) is 13.8. The summed E-state index contributed by atoms with van der Waals surface area (Å²) in [5, 5.41) is 7.79. The van der Waals surface area contributed by atoms with Crippen molar-refractivity contribution < 1.29 is 9.47 Å². The average Bonchev–Trinajstić information content (AvgIpc) is 3.45. The van der Waals surface area contributed by atoms with Gasteiger partial charge in [-0.2, -0.15) is 5.10 Å². The monoisotopic (exact) mass is 546 g/mol. The number of hydrogen-bond donors (Lipinski definition) is 2. The molecule has 0 amide bonds. The molecule has 9 heteroatoms. The SMILES string of the molecule is Cn1cc(-c2cncc(CNc3ccc4c(c3)Cc3cccc(-c5cc(N6CCOCC6)cc(=O)[nH]5)c3O4)c2)cn1. The second kappa shape index (κ2) is 10.6. The Morgan fingerprint density at radius 2 is 1.88 bits per heavy atom. The Bertz CT molecular complexity index is 1790. The van der Waals surface area contributed by atoms with E-state index in [2.05, 4.69) is 43.5 Å². The van der Waals surface area contributed by atoms with Crippen LogP contribution in [0.2, 0.25) is 0 Å². The number of fused-ring (bicyclic) bond motifs is 2. The van der Waals surface area contributed by atoms with Crippen LogP contribution in [0, 0.1) is 0 Å². The Morgan fingerprint density at radius 1 is 0.976 bits per heavy atom. The topological polar surface area (TPSA) is 97.3 Å². The molecule has 3 aromatic heterocycles. The van der Waals surface area contributed by atoms with E-state index in [1.165, 1.54) is 0 Å². The number of aryl methyl sites for hydroxylation is 1. The van der Waals surface area contributed by atoms with E-state index in [9.17, 15) is 4.79 Å². The third-order valence-corrected chi connectivity index (χ3v) is 7.58. The highest BCUT2D eigenvalue weighted by molar-refractivity contribution is 5.74. The maximum Gasteiger partial charge on any atom is 0.250 e. The van der Waals surface area contributed by atoms with E-state index in [-0.39, 0.29) is 5.56 Å². The summed E-state index contributed by atoms with van der Waals surface area (Å²) in [4.78, 5) is 22.2. The molecule has 0 atom stereocenters. The molecule has 5 heterocycles. The van der Waals surface area contributed by atoms with Crippen molar-refractivity contribution in [1.82, 2.24) is 19.7 Å². The van der Waals surface area contributed by atoms with Gasteiger partial charge in [-0.3, -0.25) is 14.5 Å². The van der Waals surface area contributed by atoms with Crippen LogP contribution >= 0.6 is 0 Å². The highest BCUT2D eigenvalue weighted by atomic mass is 16.5. The minimum atomic E-state index is -0.130. The van der Waals surface area contributed by atoms with Crippen molar-refractivity contribution >= 4 is 11.4 Å². The van der Waals surface area contributed by atoms with E-state index < -0.39 is 0 Å². The van der Waals surface area contributed by atoms with E-state index in [1.54, 1.807) is 10.7 Å². The van der Waals surface area contributed by atoms with Crippen LogP contribution in [0.5, 0.6) is 11.5 Å². The number of hydrogen-bond acceptors (Lipinski definition) is 7. The predicted octanol–water partition coefficient (Wildman–Crippen LogP) is 4.98. The van der Waals surface area contributed by atoms with Gasteiger partial charge in [0.05, 0.1) is 25.1 Å². The second-order valence-corrected chi connectivity index (χ2v) is 10.4. The first-order chi connectivity index (χ1) is 20.1. The van der Waals surface area contributed by atoms with Crippen LogP contribution in [0.1, 0.15) is 16.7 Å². The number of nitrogens with one attached hydrogen (secondary N) is 2. The van der Waals surface area contributed by atoms with Gasteiger partial charge in [-0.15, -0.1) is 0 Å². The normalized spacial score (nSPS) is 14.2. The third kappa shape index (κ3) is 5.19. The number of benzene rings is 2. The molecule has 5 aromatic rings. The Kier molecular flexibility index (Phi) is 6.48. The number of aromatic nitrogens is 4. The lowest BCUT2D eigenvalue weighted by molar-refractivity contribution is 0.122. The van der Waals surface area contributed by atoms with Gasteiger partial charge < -0.3 is 24.7 Å². The molecular weight excluding hydrogens is 516 g/mol. The lowest BCUT2D eigenvalue weighted by Gasteiger charge is -2.29. The van der Waals surface area contributed by atoms with E-state index in [4.69, 9.17) is 9.47 Å². The molecule has 0 spiro atoms. The summed E-state index contributed by atoms with van der Waals surface area (Å²) in [5.41, 5.74) is 8.78. The number of ether oxygens (including phenoxy) is 2. The molecule has 1 fully saturated rings. The molecule has 7 rings (SSSR count). The van der Waals surface area contributed by atoms with Crippen molar-refractivity contribution in [1.29, 1.82) is 0 Å². The summed E-state index contributed by atoms with van der Waals surface area (Å²) in [6, 6.07) is 18.1. The molecule has 206 valence electrons. The molecule has 0 bridgehead atoms. The van der Waals surface area contributed by atoms with E-state index in [0.29, 0.717) is 19.8 Å². The quantitative estimate of drug-likeness (QED) is 0.304. The Hall–Kier alpha value is -4.89. The van der Waals surface area contributed by atoms with Gasteiger partial charge in [0, 0.05) is 91.4 Å². The molecule has 9 nitrogen and oxygen atoms in total. The van der Waals surface area contributed by atoms with Crippen LogP contribution in [0.25, 0.3) is 22.4 Å². The number of H-pyrrole nitrogens is 1. The van der Waals surface area contributed by atoms with E-state index in [1.807, 2.05) is 62.2 Å². The zero-order valence-electron chi connectivity index (χ0n) is 22.8. The molecule has 41 heavy (non-hydrogen) atoms. The number of pyridine rings is 2. The number of rotatable bonds is 6. The van der Waals surface area contributed by atoms with Crippen LogP contribution in [-0.2, 0) is 24.8 Å². The van der Waals surface area contributed by atoms with Crippen molar-refractivity contribution in [2.24, 2.45) is 7.05 Å². The summed E-state index contributed by atoms with van der Waals surface area (Å²) in [5.74, 6) is 1.61. The molecular formula is C32H30N6O3. The molecule has 0 unspecified atom stereocenters. The maximum atomic E-state index is 12.6. The summed E-state index contributed by atoms with van der Waals surface area (Å²) < 4.78 is 13.7. The van der Waals surface area contributed by atoms with Crippen molar-refractivity contribution in [2.45, 2.75) is 13.0 Å². The third-order valence-electron chi connectivity index (χ3n) is 7.58. The molecule has 2 N–H and O–H groups in total.